The first-order chi connectivity index (χ1) is 16.8. The second-order valence-electron chi connectivity index (χ2n) is 8.18. The van der Waals surface area contributed by atoms with Gasteiger partial charge in [-0.15, -0.1) is 0 Å². The lowest BCUT2D eigenvalue weighted by Crippen LogP contribution is -2.31. The van der Waals surface area contributed by atoms with Gasteiger partial charge in [-0.1, -0.05) is 17.7 Å². The van der Waals surface area contributed by atoms with Crippen molar-refractivity contribution in [3.8, 4) is 0 Å². The number of methoxy groups -OCH3 is 1. The van der Waals surface area contributed by atoms with E-state index in [1.807, 2.05) is 0 Å². The summed E-state index contributed by atoms with van der Waals surface area (Å²) in [4.78, 5) is 26.0. The van der Waals surface area contributed by atoms with Gasteiger partial charge in [0.1, 0.15) is 5.70 Å². The van der Waals surface area contributed by atoms with E-state index in [1.165, 1.54) is 31.1 Å². The summed E-state index contributed by atoms with van der Waals surface area (Å²) in [6, 6.07) is 9.47. The zero-order valence-corrected chi connectivity index (χ0v) is 21.8. The number of amides is 1. The number of carbonyl (C=O) groups excluding carboxylic acids is 2. The maximum atomic E-state index is 13.5. The molecule has 0 atom stereocenters. The molecule has 2 aromatic rings. The smallest absolute Gasteiger partial charge is 0.337 e. The highest BCUT2D eigenvalue weighted by Gasteiger charge is 2.36. The van der Waals surface area contributed by atoms with Gasteiger partial charge in [0.2, 0.25) is 19.9 Å². The van der Waals surface area contributed by atoms with Crippen molar-refractivity contribution in [1.82, 2.24) is 9.21 Å². The van der Waals surface area contributed by atoms with E-state index < -0.39 is 31.7 Å². The van der Waals surface area contributed by atoms with E-state index in [-0.39, 0.29) is 51.3 Å². The molecule has 2 aromatic carbocycles. The topological polar surface area (TPSA) is 150 Å². The van der Waals surface area contributed by atoms with E-state index in [0.29, 0.717) is 0 Å². The third-order valence-electron chi connectivity index (χ3n) is 5.56. The molecule has 11 nitrogen and oxygen atoms in total. The molecule has 0 radical (unpaired) electrons. The molecule has 13 heteroatoms. The summed E-state index contributed by atoms with van der Waals surface area (Å²) in [5.41, 5.74) is 0.271. The van der Waals surface area contributed by atoms with Crippen LogP contribution >= 0.6 is 0 Å². The van der Waals surface area contributed by atoms with Crippen LogP contribution in [0.4, 0.5) is 5.69 Å². The summed E-state index contributed by atoms with van der Waals surface area (Å²) in [6.45, 7) is 1.18. The van der Waals surface area contributed by atoms with Gasteiger partial charge in [-0.25, -0.2) is 25.9 Å². The van der Waals surface area contributed by atoms with Crippen LogP contribution in [0, 0.1) is 6.92 Å². The fourth-order valence-electron chi connectivity index (χ4n) is 3.54. The predicted molar refractivity (Wildman–Crippen MR) is 130 cm³/mol. The lowest BCUT2D eigenvalue weighted by atomic mass is 10.2. The molecule has 1 aliphatic heterocycles. The lowest BCUT2D eigenvalue weighted by molar-refractivity contribution is -0.136. The van der Waals surface area contributed by atoms with E-state index in [9.17, 15) is 31.5 Å². The zero-order chi connectivity index (χ0) is 26.8. The summed E-state index contributed by atoms with van der Waals surface area (Å²) >= 11 is 0. The van der Waals surface area contributed by atoms with Crippen molar-refractivity contribution in [3.05, 3.63) is 59.3 Å². The number of benzene rings is 2. The summed E-state index contributed by atoms with van der Waals surface area (Å²) < 4.78 is 58.3. The molecule has 2 N–H and O–H groups in total. The monoisotopic (exact) mass is 537 g/mol. The van der Waals surface area contributed by atoms with E-state index >= 15 is 0 Å². The van der Waals surface area contributed by atoms with E-state index in [1.54, 1.807) is 19.1 Å². The fourth-order valence-corrected chi connectivity index (χ4v) is 5.86. The number of nitrogens with one attached hydrogen (secondary N) is 1. The number of hydrogen-bond donors (Lipinski definition) is 2. The predicted octanol–water partition coefficient (Wildman–Crippen LogP) is 0.752. The molecule has 1 amide bonds. The van der Waals surface area contributed by atoms with Gasteiger partial charge in [-0.2, -0.15) is 0 Å². The molecule has 3 rings (SSSR count). The molecule has 194 valence electrons. The van der Waals surface area contributed by atoms with Crippen molar-refractivity contribution in [2.75, 3.05) is 46.2 Å². The quantitative estimate of drug-likeness (QED) is 0.442. The van der Waals surface area contributed by atoms with Crippen molar-refractivity contribution < 1.29 is 36.3 Å². The van der Waals surface area contributed by atoms with Gasteiger partial charge in [-0.3, -0.25) is 4.79 Å². The Morgan fingerprint density at radius 1 is 1.08 bits per heavy atom. The molecule has 0 bridgehead atoms. The van der Waals surface area contributed by atoms with Crippen LogP contribution in [-0.2, 0) is 34.2 Å². The van der Waals surface area contributed by atoms with Crippen LogP contribution in [0.1, 0.15) is 5.56 Å². The molecular formula is C23H27N3O8S2. The number of aliphatic hydroxyl groups excluding tert-OH is 1. The van der Waals surface area contributed by atoms with Crippen LogP contribution in [0.2, 0.25) is 0 Å². The van der Waals surface area contributed by atoms with Gasteiger partial charge in [0, 0.05) is 20.6 Å². The maximum absolute atomic E-state index is 13.5. The number of aliphatic hydroxyl groups is 1. The molecule has 36 heavy (non-hydrogen) atoms. The molecular weight excluding hydrogens is 510 g/mol. The van der Waals surface area contributed by atoms with Crippen molar-refractivity contribution in [2.45, 2.75) is 21.6 Å². The molecule has 0 aromatic heterocycles. The molecule has 0 saturated heterocycles. The first-order valence-corrected chi connectivity index (χ1v) is 13.6. The number of ether oxygens (including phenoxy) is 1. The van der Waals surface area contributed by atoms with E-state index in [2.05, 4.69) is 5.32 Å². The Labute approximate surface area is 209 Å². The number of carbonyl (C=O) groups is 2. The summed E-state index contributed by atoms with van der Waals surface area (Å²) in [6.07, 6.45) is 0. The highest BCUT2D eigenvalue weighted by atomic mass is 32.2. The van der Waals surface area contributed by atoms with Crippen molar-refractivity contribution in [3.63, 3.8) is 0 Å². The highest BCUT2D eigenvalue weighted by molar-refractivity contribution is 7.91. The zero-order valence-electron chi connectivity index (χ0n) is 20.2. The molecule has 1 aliphatic rings. The maximum Gasteiger partial charge on any atom is 0.337 e. The van der Waals surface area contributed by atoms with Crippen LogP contribution in [0.5, 0.6) is 0 Å². The van der Waals surface area contributed by atoms with Crippen LogP contribution in [0.15, 0.2) is 68.4 Å². The van der Waals surface area contributed by atoms with Crippen LogP contribution < -0.4 is 5.32 Å². The van der Waals surface area contributed by atoms with Gasteiger partial charge in [0.25, 0.3) is 5.91 Å². The summed E-state index contributed by atoms with van der Waals surface area (Å²) in [5.74, 6) is -1.50. The summed E-state index contributed by atoms with van der Waals surface area (Å²) in [5, 5.41) is 12.0. The Bertz CT molecular complexity index is 1430. The van der Waals surface area contributed by atoms with Gasteiger partial charge in [0.05, 0.1) is 46.2 Å². The third-order valence-corrected chi connectivity index (χ3v) is 9.20. The number of aryl methyl sites for hydroxylation is 1. The largest absolute Gasteiger partial charge is 0.466 e. The normalized spacial score (nSPS) is 14.5. The number of sulfonamides is 1. The summed E-state index contributed by atoms with van der Waals surface area (Å²) in [7, 11) is -4.36. The number of rotatable bonds is 9. The fraction of sp³-hybridized carbons (Fsp3) is 0.304. The Morgan fingerprint density at radius 3 is 2.25 bits per heavy atom. The van der Waals surface area contributed by atoms with Crippen LogP contribution in [0.25, 0.3) is 0 Å². The van der Waals surface area contributed by atoms with Gasteiger partial charge in [-0.05, 0) is 37.3 Å². The first-order valence-electron chi connectivity index (χ1n) is 10.7. The molecule has 0 fully saturated rings. The average Bonchev–Trinajstić information content (AvgIpc) is 3.14. The van der Waals surface area contributed by atoms with Gasteiger partial charge in [0.15, 0.2) is 0 Å². The Balaban J connectivity index is 2.23. The second kappa shape index (κ2) is 10.4. The Kier molecular flexibility index (Phi) is 7.88. The number of β-amino-alcohol motifs (C(OH)–C–C–N with tert-alkyl or cyclic N) is 1. The first kappa shape index (κ1) is 27.3. The molecule has 0 aliphatic carbocycles. The van der Waals surface area contributed by atoms with Gasteiger partial charge >= 0.3 is 5.97 Å². The number of nitrogens with zero attached hydrogens (tertiary/aromatic N) is 2. The third kappa shape index (κ3) is 5.14. The minimum absolute atomic E-state index is 0.0406. The van der Waals surface area contributed by atoms with E-state index in [4.69, 9.17) is 4.74 Å². The average molecular weight is 538 g/mol. The second-order valence-corrected chi connectivity index (χ2v) is 12.3. The van der Waals surface area contributed by atoms with Crippen molar-refractivity contribution >= 4 is 37.4 Å². The van der Waals surface area contributed by atoms with Crippen molar-refractivity contribution in [1.29, 1.82) is 0 Å². The molecule has 0 saturated carbocycles. The number of hydrogen-bond acceptors (Lipinski definition) is 9. The molecule has 1 heterocycles. The lowest BCUT2D eigenvalue weighted by Gasteiger charge is -2.18. The minimum atomic E-state index is -4.17. The number of anilines is 1. The van der Waals surface area contributed by atoms with Gasteiger partial charge < -0.3 is 20.1 Å². The van der Waals surface area contributed by atoms with Crippen LogP contribution in [-0.4, -0.2) is 83.9 Å². The minimum Gasteiger partial charge on any atom is -0.466 e. The van der Waals surface area contributed by atoms with Crippen LogP contribution in [0.3, 0.4) is 0 Å². The Morgan fingerprint density at radius 2 is 1.69 bits per heavy atom. The standard InChI is InChI=1S/C23H27N3O8S2/c1-15-5-7-16(8-6-15)35(30,31)20-10-9-17(36(32,33)25(2)3)13-19(20)24-21-18(23(29)34-4)14-26(11-12-27)22(21)28/h5-10,13,24,27H,11-12,14H2,1-4H3. The molecule has 0 unspecified atom stereocenters. The van der Waals surface area contributed by atoms with Crippen molar-refractivity contribution in [2.24, 2.45) is 0 Å². The SMILES string of the molecule is COC(=O)C1=C(Nc2cc(S(=O)(=O)N(C)C)ccc2S(=O)(=O)c2ccc(C)cc2)C(=O)N(CCO)C1. The number of sulfone groups is 1. The Hall–Kier alpha value is -3.26. The van der Waals surface area contributed by atoms with E-state index in [0.717, 1.165) is 35.2 Å². The molecule has 0 spiro atoms. The number of esters is 1. The highest BCUT2D eigenvalue weighted by Crippen LogP contribution is 2.33.